The molecule has 2 aromatic heterocycles. The van der Waals surface area contributed by atoms with Crippen LogP contribution >= 0.6 is 0 Å². The maximum Gasteiger partial charge on any atom is 0.0991 e. The number of fused-ring (bicyclic) bond motifs is 8. The van der Waals surface area contributed by atoms with Crippen LogP contribution in [0.1, 0.15) is 11.1 Å². The van der Waals surface area contributed by atoms with Crippen LogP contribution in [0.15, 0.2) is 188 Å². The van der Waals surface area contributed by atoms with Crippen molar-refractivity contribution in [2.45, 2.75) is 0 Å². The molecule has 0 fully saturated rings. The summed E-state index contributed by atoms with van der Waals surface area (Å²) in [6.45, 7) is 0. The van der Waals surface area contributed by atoms with E-state index in [4.69, 9.17) is 0 Å². The van der Waals surface area contributed by atoms with Gasteiger partial charge in [-0.1, -0.05) is 103 Å². The fourth-order valence-corrected chi connectivity index (χ4v) is 8.87. The van der Waals surface area contributed by atoms with E-state index in [1.54, 1.807) is 0 Å². The lowest BCUT2D eigenvalue weighted by molar-refractivity contribution is 1.30. The van der Waals surface area contributed by atoms with Crippen LogP contribution in [0.2, 0.25) is 0 Å². The highest BCUT2D eigenvalue weighted by molar-refractivity contribution is 6.33. The molecule has 0 bridgehead atoms. The summed E-state index contributed by atoms with van der Waals surface area (Å²) >= 11 is 0. The van der Waals surface area contributed by atoms with Crippen molar-refractivity contribution < 1.29 is 0 Å². The van der Waals surface area contributed by atoms with Gasteiger partial charge in [0.25, 0.3) is 0 Å². The van der Waals surface area contributed by atoms with E-state index in [9.17, 15) is 10.5 Å². The summed E-state index contributed by atoms with van der Waals surface area (Å²) in [6, 6.07) is 70.1. The Bertz CT molecular complexity index is 3180. The molecule has 0 saturated heterocycles. The van der Waals surface area contributed by atoms with E-state index in [-0.39, 0.29) is 0 Å². The second kappa shape index (κ2) is 12.7. The van der Waals surface area contributed by atoms with E-state index in [1.165, 1.54) is 0 Å². The number of nitriles is 2. The Kier molecular flexibility index (Phi) is 7.22. The van der Waals surface area contributed by atoms with Gasteiger partial charge >= 0.3 is 0 Å². The van der Waals surface area contributed by atoms with E-state index >= 15 is 0 Å². The molecule has 0 radical (unpaired) electrons. The summed E-state index contributed by atoms with van der Waals surface area (Å²) in [5.74, 6) is 0. The second-order valence-electron chi connectivity index (χ2n) is 14.4. The molecule has 0 amide bonds. The summed E-state index contributed by atoms with van der Waals surface area (Å²) in [7, 11) is 0. The minimum absolute atomic E-state index is 0.621. The van der Waals surface area contributed by atoms with Gasteiger partial charge in [-0.05, 0) is 95.7 Å². The first-order valence-electron chi connectivity index (χ1n) is 19.0. The number of hydrogen-bond donors (Lipinski definition) is 0. The first kappa shape index (κ1) is 32.3. The standard InChI is InChI=1S/C52H31N5/c53-32-34-22-26-40(27-23-34)55(38-14-3-1-4-15-38)51-42-18-9-7-12-36(42)30-46-48(51)44-20-11-21-45-49-47(57(46)50(44)45)31-37-13-8-10-19-43(37)52(49)56(39-16-5-2-6-17-39)41-28-24-35(33-54)25-29-41/h1-31H. The summed E-state index contributed by atoms with van der Waals surface area (Å²) < 4.78 is 2.48. The van der Waals surface area contributed by atoms with Crippen molar-refractivity contribution in [3.05, 3.63) is 199 Å². The average Bonchev–Trinajstić information content (AvgIpc) is 3.79. The third-order valence-electron chi connectivity index (χ3n) is 11.3. The SMILES string of the molecule is N#Cc1ccc(N(c2ccccc2)c2c3ccccc3cc3c2c2cccc4c5c(N(c6ccccc6)c6ccc(C#N)cc6)c6ccccc6cc5n3c24)cc1. The molecule has 5 heteroatoms. The Labute approximate surface area is 328 Å². The lowest BCUT2D eigenvalue weighted by Crippen LogP contribution is -2.11. The van der Waals surface area contributed by atoms with Crippen LogP contribution in [0.3, 0.4) is 0 Å². The quantitative estimate of drug-likeness (QED) is 0.171. The lowest BCUT2D eigenvalue weighted by atomic mass is 9.98. The average molecular weight is 726 g/mol. The maximum atomic E-state index is 9.71. The Balaban J connectivity index is 1.32. The molecule has 11 aromatic rings. The summed E-state index contributed by atoms with van der Waals surface area (Å²) in [4.78, 5) is 4.69. The topological polar surface area (TPSA) is 58.5 Å². The molecule has 9 aromatic carbocycles. The molecule has 0 N–H and O–H groups in total. The van der Waals surface area contributed by atoms with E-state index in [1.807, 2.05) is 60.7 Å². The zero-order valence-corrected chi connectivity index (χ0v) is 30.6. The molecular weight excluding hydrogens is 695 g/mol. The summed E-state index contributed by atoms with van der Waals surface area (Å²) in [6.07, 6.45) is 0. The number of nitrogens with zero attached hydrogens (tertiary/aromatic N) is 5. The van der Waals surface area contributed by atoms with Gasteiger partial charge in [-0.2, -0.15) is 10.5 Å². The summed E-state index contributed by atoms with van der Waals surface area (Å²) in [5, 5.41) is 28.6. The van der Waals surface area contributed by atoms with Crippen LogP contribution in [-0.2, 0) is 0 Å². The van der Waals surface area contributed by atoms with Crippen LogP contribution in [-0.4, -0.2) is 4.40 Å². The van der Waals surface area contributed by atoms with E-state index in [2.05, 4.69) is 154 Å². The molecule has 0 aliphatic heterocycles. The number of hydrogen-bond acceptors (Lipinski definition) is 4. The Morgan fingerprint density at radius 1 is 0.368 bits per heavy atom. The van der Waals surface area contributed by atoms with Gasteiger partial charge in [0.15, 0.2) is 0 Å². The van der Waals surface area contributed by atoms with Gasteiger partial charge in [0.1, 0.15) is 0 Å². The molecular formula is C52H31N5. The number of benzene rings is 9. The third-order valence-corrected chi connectivity index (χ3v) is 11.3. The predicted molar refractivity (Wildman–Crippen MR) is 235 cm³/mol. The molecule has 5 nitrogen and oxygen atoms in total. The van der Waals surface area contributed by atoms with Crippen LogP contribution < -0.4 is 9.80 Å². The van der Waals surface area contributed by atoms with Crippen molar-refractivity contribution in [2.24, 2.45) is 0 Å². The van der Waals surface area contributed by atoms with Crippen molar-refractivity contribution in [1.82, 2.24) is 4.40 Å². The van der Waals surface area contributed by atoms with Crippen molar-refractivity contribution in [3.8, 4) is 12.1 Å². The number of anilines is 6. The number of para-hydroxylation sites is 3. The van der Waals surface area contributed by atoms with Crippen LogP contribution in [0.5, 0.6) is 0 Å². The molecule has 264 valence electrons. The highest BCUT2D eigenvalue weighted by Crippen LogP contribution is 2.52. The second-order valence-corrected chi connectivity index (χ2v) is 14.4. The van der Waals surface area contributed by atoms with Gasteiger partial charge in [0.2, 0.25) is 0 Å². The van der Waals surface area contributed by atoms with Gasteiger partial charge in [-0.3, -0.25) is 0 Å². The van der Waals surface area contributed by atoms with Crippen LogP contribution in [0.25, 0.3) is 59.6 Å². The zero-order chi connectivity index (χ0) is 38.0. The summed E-state index contributed by atoms with van der Waals surface area (Å²) in [5.41, 5.74) is 10.8. The van der Waals surface area contributed by atoms with Gasteiger partial charge < -0.3 is 14.2 Å². The van der Waals surface area contributed by atoms with Gasteiger partial charge in [-0.15, -0.1) is 0 Å². The van der Waals surface area contributed by atoms with Gasteiger partial charge in [0, 0.05) is 55.1 Å². The Hall–Kier alpha value is -8.12. The fraction of sp³-hybridized carbons (Fsp3) is 0. The van der Waals surface area contributed by atoms with Crippen molar-refractivity contribution in [3.63, 3.8) is 0 Å². The molecule has 0 spiro atoms. The molecule has 2 heterocycles. The van der Waals surface area contributed by atoms with Crippen molar-refractivity contribution in [2.75, 3.05) is 9.80 Å². The molecule has 11 rings (SSSR count). The monoisotopic (exact) mass is 725 g/mol. The van der Waals surface area contributed by atoms with Crippen molar-refractivity contribution >= 4 is 93.8 Å². The zero-order valence-electron chi connectivity index (χ0n) is 30.6. The Morgan fingerprint density at radius 2 is 0.737 bits per heavy atom. The van der Waals surface area contributed by atoms with E-state index in [0.29, 0.717) is 11.1 Å². The maximum absolute atomic E-state index is 9.71. The Morgan fingerprint density at radius 3 is 1.16 bits per heavy atom. The molecule has 57 heavy (non-hydrogen) atoms. The number of aromatic nitrogens is 1. The fourth-order valence-electron chi connectivity index (χ4n) is 8.87. The third kappa shape index (κ3) is 4.87. The van der Waals surface area contributed by atoms with Gasteiger partial charge in [-0.25, -0.2) is 0 Å². The smallest absolute Gasteiger partial charge is 0.0991 e. The highest BCUT2D eigenvalue weighted by Gasteiger charge is 2.28. The van der Waals surface area contributed by atoms with E-state index < -0.39 is 0 Å². The minimum atomic E-state index is 0.621. The van der Waals surface area contributed by atoms with Gasteiger partial charge in [0.05, 0.1) is 51.2 Å². The lowest BCUT2D eigenvalue weighted by Gasteiger charge is -2.28. The molecule has 0 aliphatic carbocycles. The van der Waals surface area contributed by atoms with Crippen molar-refractivity contribution in [1.29, 1.82) is 10.5 Å². The minimum Gasteiger partial charge on any atom is -0.309 e. The molecule has 0 unspecified atom stereocenters. The first-order chi connectivity index (χ1) is 28.2. The highest BCUT2D eigenvalue weighted by atomic mass is 15.2. The normalized spacial score (nSPS) is 11.5. The molecule has 0 saturated carbocycles. The molecule has 0 atom stereocenters. The first-order valence-corrected chi connectivity index (χ1v) is 19.0. The largest absolute Gasteiger partial charge is 0.309 e. The van der Waals surface area contributed by atoms with Crippen LogP contribution in [0.4, 0.5) is 34.1 Å². The van der Waals surface area contributed by atoms with Crippen LogP contribution in [0, 0.1) is 22.7 Å². The number of rotatable bonds is 6. The van der Waals surface area contributed by atoms with E-state index in [0.717, 1.165) is 93.8 Å². The molecule has 0 aliphatic rings. The predicted octanol–water partition coefficient (Wildman–Crippen LogP) is 13.8.